The number of carbonyl (C=O) groups excluding carboxylic acids is 1. The van der Waals surface area contributed by atoms with E-state index in [2.05, 4.69) is 14.8 Å². The minimum Gasteiger partial charge on any atom is -0.332 e. The molecule has 2 heterocycles. The number of carbonyl (C=O) groups is 1. The summed E-state index contributed by atoms with van der Waals surface area (Å²) in [6.45, 7) is 7.73. The molecule has 1 aliphatic rings. The highest BCUT2D eigenvalue weighted by atomic mass is 35.5. The van der Waals surface area contributed by atoms with Crippen LogP contribution < -0.4 is 5.73 Å². The predicted octanol–water partition coefficient (Wildman–Crippen LogP) is 2.50. The SMILES string of the molecule is CC(C)(C)[C@H](N)C(=O)N1CCn2c(nnc2-c2ccccc2)C1.Cl.Cl. The number of amides is 1. The first-order valence-electron chi connectivity index (χ1n) is 7.90. The molecule has 8 heteroatoms. The fourth-order valence-corrected chi connectivity index (χ4v) is 2.71. The lowest BCUT2D eigenvalue weighted by molar-refractivity contribution is -0.136. The maximum atomic E-state index is 12.6. The number of hydrogen-bond donors (Lipinski definition) is 1. The molecule has 6 nitrogen and oxygen atoms in total. The zero-order chi connectivity index (χ0) is 16.6. The van der Waals surface area contributed by atoms with Gasteiger partial charge >= 0.3 is 0 Å². The molecule has 0 bridgehead atoms. The summed E-state index contributed by atoms with van der Waals surface area (Å²) in [7, 11) is 0. The number of benzene rings is 1. The molecule has 3 rings (SSSR count). The van der Waals surface area contributed by atoms with Crippen molar-refractivity contribution in [2.75, 3.05) is 6.54 Å². The Morgan fingerprint density at radius 3 is 2.36 bits per heavy atom. The van der Waals surface area contributed by atoms with Gasteiger partial charge < -0.3 is 15.2 Å². The second-order valence-electron chi connectivity index (χ2n) is 7.06. The Morgan fingerprint density at radius 2 is 1.76 bits per heavy atom. The average molecular weight is 386 g/mol. The van der Waals surface area contributed by atoms with Crippen LogP contribution in [-0.4, -0.2) is 38.2 Å². The van der Waals surface area contributed by atoms with Crippen molar-refractivity contribution in [2.24, 2.45) is 11.1 Å². The van der Waals surface area contributed by atoms with Gasteiger partial charge in [0.25, 0.3) is 0 Å². The smallest absolute Gasteiger partial charge is 0.240 e. The van der Waals surface area contributed by atoms with Crippen LogP contribution in [0.1, 0.15) is 26.6 Å². The summed E-state index contributed by atoms with van der Waals surface area (Å²) < 4.78 is 2.09. The van der Waals surface area contributed by atoms with Gasteiger partial charge in [0.05, 0.1) is 12.6 Å². The van der Waals surface area contributed by atoms with Crippen molar-refractivity contribution >= 4 is 30.7 Å². The number of halogens is 2. The first-order valence-corrected chi connectivity index (χ1v) is 7.90. The van der Waals surface area contributed by atoms with Crippen LogP contribution in [0.3, 0.4) is 0 Å². The van der Waals surface area contributed by atoms with Crippen LogP contribution in [0.25, 0.3) is 11.4 Å². The van der Waals surface area contributed by atoms with Gasteiger partial charge in [0.1, 0.15) is 0 Å². The normalized spacial score (nSPS) is 14.8. The van der Waals surface area contributed by atoms with Gasteiger partial charge in [-0.2, -0.15) is 0 Å². The van der Waals surface area contributed by atoms with Crippen molar-refractivity contribution in [1.29, 1.82) is 0 Å². The topological polar surface area (TPSA) is 77.0 Å². The van der Waals surface area contributed by atoms with Crippen LogP contribution in [0.15, 0.2) is 30.3 Å². The zero-order valence-corrected chi connectivity index (χ0v) is 16.3. The van der Waals surface area contributed by atoms with E-state index in [1.54, 1.807) is 4.90 Å². The third-order valence-corrected chi connectivity index (χ3v) is 4.30. The molecule has 1 aromatic heterocycles. The molecule has 25 heavy (non-hydrogen) atoms. The van der Waals surface area contributed by atoms with Gasteiger partial charge in [-0.1, -0.05) is 51.1 Å². The van der Waals surface area contributed by atoms with Crippen molar-refractivity contribution < 1.29 is 4.79 Å². The zero-order valence-electron chi connectivity index (χ0n) is 14.7. The molecule has 1 atom stereocenters. The van der Waals surface area contributed by atoms with Gasteiger partial charge in [0.2, 0.25) is 5.91 Å². The van der Waals surface area contributed by atoms with Crippen molar-refractivity contribution in [3.63, 3.8) is 0 Å². The van der Waals surface area contributed by atoms with Crippen LogP contribution in [-0.2, 0) is 17.9 Å². The third kappa shape index (κ3) is 4.32. The number of rotatable bonds is 2. The van der Waals surface area contributed by atoms with Gasteiger partial charge in [-0.3, -0.25) is 4.79 Å². The minimum absolute atomic E-state index is 0. The molecule has 1 amide bonds. The highest BCUT2D eigenvalue weighted by Gasteiger charge is 2.33. The lowest BCUT2D eigenvalue weighted by atomic mass is 9.86. The van der Waals surface area contributed by atoms with Crippen molar-refractivity contribution in [1.82, 2.24) is 19.7 Å². The van der Waals surface area contributed by atoms with Crippen LogP contribution in [0.4, 0.5) is 0 Å². The Hall–Kier alpha value is -1.63. The maximum Gasteiger partial charge on any atom is 0.240 e. The molecule has 2 aromatic rings. The Labute approximate surface area is 160 Å². The highest BCUT2D eigenvalue weighted by molar-refractivity contribution is 5.85. The first-order chi connectivity index (χ1) is 10.9. The van der Waals surface area contributed by atoms with Gasteiger partial charge in [-0.25, -0.2) is 0 Å². The van der Waals surface area contributed by atoms with E-state index >= 15 is 0 Å². The van der Waals surface area contributed by atoms with E-state index in [-0.39, 0.29) is 36.1 Å². The van der Waals surface area contributed by atoms with E-state index in [1.165, 1.54) is 0 Å². The summed E-state index contributed by atoms with van der Waals surface area (Å²) in [5, 5.41) is 8.56. The molecule has 2 N–H and O–H groups in total. The van der Waals surface area contributed by atoms with E-state index in [0.717, 1.165) is 17.2 Å². The maximum absolute atomic E-state index is 12.6. The van der Waals surface area contributed by atoms with Gasteiger partial charge in [0.15, 0.2) is 11.6 Å². The lowest BCUT2D eigenvalue weighted by Crippen LogP contribution is -2.52. The second kappa shape index (κ2) is 8.17. The average Bonchev–Trinajstić information content (AvgIpc) is 2.96. The molecule has 1 aromatic carbocycles. The number of fused-ring (bicyclic) bond motifs is 1. The van der Waals surface area contributed by atoms with E-state index in [9.17, 15) is 4.79 Å². The minimum atomic E-state index is -0.509. The quantitative estimate of drug-likeness (QED) is 0.861. The van der Waals surface area contributed by atoms with Crippen LogP contribution in [0, 0.1) is 5.41 Å². The standard InChI is InChI=1S/C17H23N5O.2ClH/c1-17(2,3)14(18)16(23)21-9-10-22-13(11-21)19-20-15(22)12-7-5-4-6-8-12;;/h4-8,14H,9-11,18H2,1-3H3;2*1H/t14-;;/m1../s1. The van der Waals surface area contributed by atoms with Crippen LogP contribution in [0.5, 0.6) is 0 Å². The number of hydrogen-bond acceptors (Lipinski definition) is 4. The van der Waals surface area contributed by atoms with E-state index in [0.29, 0.717) is 19.6 Å². The molecule has 138 valence electrons. The molecule has 0 saturated heterocycles. The van der Waals surface area contributed by atoms with Crippen molar-refractivity contribution in [3.05, 3.63) is 36.2 Å². The first kappa shape index (κ1) is 21.4. The van der Waals surface area contributed by atoms with E-state index in [1.807, 2.05) is 51.1 Å². The molecular weight excluding hydrogens is 361 g/mol. The Morgan fingerprint density at radius 1 is 1.12 bits per heavy atom. The Balaban J connectivity index is 0.00000156. The molecule has 0 unspecified atom stereocenters. The fourth-order valence-electron chi connectivity index (χ4n) is 2.71. The van der Waals surface area contributed by atoms with E-state index in [4.69, 9.17) is 5.73 Å². The fraction of sp³-hybridized carbons (Fsp3) is 0.471. The van der Waals surface area contributed by atoms with E-state index < -0.39 is 6.04 Å². The Bertz CT molecular complexity index is 712. The van der Waals surface area contributed by atoms with Crippen molar-refractivity contribution in [2.45, 2.75) is 39.9 Å². The van der Waals surface area contributed by atoms with Gasteiger partial charge in [0, 0.05) is 18.7 Å². The molecule has 0 saturated carbocycles. The second-order valence-corrected chi connectivity index (χ2v) is 7.06. The molecular formula is C17H25Cl2N5O. The summed E-state index contributed by atoms with van der Waals surface area (Å²) in [6.07, 6.45) is 0. The summed E-state index contributed by atoms with van der Waals surface area (Å²) in [5.74, 6) is 1.64. The number of aromatic nitrogens is 3. The summed E-state index contributed by atoms with van der Waals surface area (Å²) in [4.78, 5) is 14.4. The molecule has 0 aliphatic carbocycles. The van der Waals surface area contributed by atoms with Crippen LogP contribution >= 0.6 is 24.8 Å². The third-order valence-electron chi connectivity index (χ3n) is 4.30. The largest absolute Gasteiger partial charge is 0.332 e. The van der Waals surface area contributed by atoms with Gasteiger partial charge in [-0.05, 0) is 5.41 Å². The number of nitrogens with two attached hydrogens (primary N) is 1. The number of nitrogens with zero attached hydrogens (tertiary/aromatic N) is 4. The van der Waals surface area contributed by atoms with Crippen LogP contribution in [0.2, 0.25) is 0 Å². The van der Waals surface area contributed by atoms with Crippen molar-refractivity contribution in [3.8, 4) is 11.4 Å². The molecule has 0 spiro atoms. The summed E-state index contributed by atoms with van der Waals surface area (Å²) in [5.41, 5.74) is 6.89. The summed E-state index contributed by atoms with van der Waals surface area (Å²) >= 11 is 0. The molecule has 0 fully saturated rings. The molecule has 1 aliphatic heterocycles. The summed E-state index contributed by atoms with van der Waals surface area (Å²) in [6, 6.07) is 9.47. The molecule has 0 radical (unpaired) electrons. The predicted molar refractivity (Wildman–Crippen MR) is 103 cm³/mol. The lowest BCUT2D eigenvalue weighted by Gasteiger charge is -2.34. The highest BCUT2D eigenvalue weighted by Crippen LogP contribution is 2.24. The van der Waals surface area contributed by atoms with Gasteiger partial charge in [-0.15, -0.1) is 35.0 Å². The Kier molecular flexibility index (Phi) is 6.99. The monoisotopic (exact) mass is 385 g/mol.